The summed E-state index contributed by atoms with van der Waals surface area (Å²) >= 11 is 0. The van der Waals surface area contributed by atoms with Crippen LogP contribution in [0, 0.1) is 12.8 Å². The molecule has 0 unspecified atom stereocenters. The van der Waals surface area contributed by atoms with Crippen molar-refractivity contribution < 1.29 is 9.32 Å². The molecule has 3 rings (SSSR count). The second-order valence-corrected chi connectivity index (χ2v) is 5.90. The summed E-state index contributed by atoms with van der Waals surface area (Å²) in [4.78, 5) is 25.1. The Morgan fingerprint density at radius 1 is 1.48 bits per heavy atom. The maximum Gasteiger partial charge on any atom is 0.227 e. The van der Waals surface area contributed by atoms with Crippen molar-refractivity contribution in [3.8, 4) is 0 Å². The average molecular weight is 315 g/mol. The zero-order valence-corrected chi connectivity index (χ0v) is 13.5. The molecule has 7 heteroatoms. The second-order valence-electron chi connectivity index (χ2n) is 5.90. The molecule has 0 saturated carbocycles. The van der Waals surface area contributed by atoms with Gasteiger partial charge in [0.05, 0.1) is 12.5 Å². The van der Waals surface area contributed by atoms with E-state index in [0.29, 0.717) is 24.8 Å². The van der Waals surface area contributed by atoms with E-state index in [-0.39, 0.29) is 11.8 Å². The molecule has 0 aliphatic carbocycles. The monoisotopic (exact) mass is 315 g/mol. The summed E-state index contributed by atoms with van der Waals surface area (Å²) in [6.45, 7) is 3.75. The smallest absolute Gasteiger partial charge is 0.227 e. The molecular formula is C16H21N5O2. The van der Waals surface area contributed by atoms with Crippen LogP contribution in [0.1, 0.15) is 24.6 Å². The number of nitrogens with zero attached hydrogens (tertiary/aromatic N) is 5. The molecular weight excluding hydrogens is 294 g/mol. The van der Waals surface area contributed by atoms with Gasteiger partial charge in [-0.15, -0.1) is 0 Å². The fourth-order valence-electron chi connectivity index (χ4n) is 2.93. The van der Waals surface area contributed by atoms with Gasteiger partial charge in [0, 0.05) is 33.3 Å². The van der Waals surface area contributed by atoms with Gasteiger partial charge in [0.25, 0.3) is 0 Å². The number of piperidine rings is 1. The van der Waals surface area contributed by atoms with Crippen LogP contribution in [-0.2, 0) is 11.3 Å². The zero-order valence-electron chi connectivity index (χ0n) is 13.5. The van der Waals surface area contributed by atoms with E-state index in [1.165, 1.54) is 0 Å². The highest BCUT2D eigenvalue weighted by atomic mass is 16.5. The number of aromatic nitrogens is 3. The molecule has 7 nitrogen and oxygen atoms in total. The van der Waals surface area contributed by atoms with Crippen molar-refractivity contribution >= 4 is 11.7 Å². The molecule has 2 aromatic rings. The molecule has 1 saturated heterocycles. The van der Waals surface area contributed by atoms with Gasteiger partial charge in [-0.2, -0.15) is 4.98 Å². The van der Waals surface area contributed by atoms with E-state index >= 15 is 0 Å². The van der Waals surface area contributed by atoms with E-state index in [0.717, 1.165) is 25.2 Å². The van der Waals surface area contributed by atoms with Crippen molar-refractivity contribution in [2.75, 3.05) is 25.0 Å². The molecule has 1 aliphatic rings. The first-order valence-corrected chi connectivity index (χ1v) is 7.83. The summed E-state index contributed by atoms with van der Waals surface area (Å²) in [5, 5.41) is 3.85. The molecule has 1 fully saturated rings. The third kappa shape index (κ3) is 3.67. The van der Waals surface area contributed by atoms with Crippen molar-refractivity contribution in [3.05, 3.63) is 36.1 Å². The molecule has 3 heterocycles. The topological polar surface area (TPSA) is 75.4 Å². The van der Waals surface area contributed by atoms with E-state index in [9.17, 15) is 4.79 Å². The van der Waals surface area contributed by atoms with E-state index in [2.05, 4.69) is 20.0 Å². The van der Waals surface area contributed by atoms with Crippen molar-refractivity contribution in [3.63, 3.8) is 0 Å². The van der Waals surface area contributed by atoms with Crippen molar-refractivity contribution in [1.82, 2.24) is 20.0 Å². The molecule has 2 aromatic heterocycles. The highest BCUT2D eigenvalue weighted by Crippen LogP contribution is 2.23. The summed E-state index contributed by atoms with van der Waals surface area (Å²) in [6, 6.07) is 5.86. The van der Waals surface area contributed by atoms with Gasteiger partial charge in [0.2, 0.25) is 11.8 Å². The first-order chi connectivity index (χ1) is 11.1. The minimum absolute atomic E-state index is 0.0243. The highest BCUT2D eigenvalue weighted by Gasteiger charge is 2.29. The van der Waals surface area contributed by atoms with Gasteiger partial charge < -0.3 is 14.3 Å². The quantitative estimate of drug-likeness (QED) is 0.854. The highest BCUT2D eigenvalue weighted by molar-refractivity contribution is 5.79. The Kier molecular flexibility index (Phi) is 4.55. The van der Waals surface area contributed by atoms with Crippen LogP contribution < -0.4 is 4.90 Å². The van der Waals surface area contributed by atoms with Gasteiger partial charge in [-0.3, -0.25) is 4.79 Å². The number of carbonyl (C=O) groups is 1. The van der Waals surface area contributed by atoms with Crippen LogP contribution in [-0.4, -0.2) is 46.1 Å². The molecule has 0 N–H and O–H groups in total. The number of pyridine rings is 1. The van der Waals surface area contributed by atoms with Crippen molar-refractivity contribution in [1.29, 1.82) is 0 Å². The number of anilines is 1. The maximum absolute atomic E-state index is 12.7. The minimum atomic E-state index is -0.0243. The molecule has 1 atom stereocenters. The van der Waals surface area contributed by atoms with Crippen LogP contribution >= 0.6 is 0 Å². The Balaban J connectivity index is 1.62. The van der Waals surface area contributed by atoms with Gasteiger partial charge in [-0.25, -0.2) is 4.98 Å². The van der Waals surface area contributed by atoms with E-state index < -0.39 is 0 Å². The molecule has 1 aliphatic heterocycles. The average Bonchev–Trinajstić information content (AvgIpc) is 3.00. The summed E-state index contributed by atoms with van der Waals surface area (Å²) in [5.41, 5.74) is 0. The predicted molar refractivity (Wildman–Crippen MR) is 84.7 cm³/mol. The first kappa shape index (κ1) is 15.5. The lowest BCUT2D eigenvalue weighted by atomic mass is 9.96. The number of amides is 1. The minimum Gasteiger partial charge on any atom is -0.356 e. The largest absolute Gasteiger partial charge is 0.356 e. The summed E-state index contributed by atoms with van der Waals surface area (Å²) in [6.07, 6.45) is 3.67. The predicted octanol–water partition coefficient (Wildman–Crippen LogP) is 1.65. The van der Waals surface area contributed by atoms with Crippen molar-refractivity contribution in [2.24, 2.45) is 5.92 Å². The SMILES string of the molecule is Cc1nc(CN(C)C(=O)[C@H]2CCCN(c3ccccn3)C2)no1. The number of hydrogen-bond acceptors (Lipinski definition) is 6. The lowest BCUT2D eigenvalue weighted by molar-refractivity contribution is -0.135. The van der Waals surface area contributed by atoms with Crippen LogP contribution in [0.2, 0.25) is 0 Å². The number of carbonyl (C=O) groups excluding carboxylic acids is 1. The second kappa shape index (κ2) is 6.76. The van der Waals surface area contributed by atoms with Gasteiger partial charge in [-0.1, -0.05) is 11.2 Å². The van der Waals surface area contributed by atoms with Crippen LogP contribution in [0.3, 0.4) is 0 Å². The van der Waals surface area contributed by atoms with E-state index in [1.807, 2.05) is 18.2 Å². The summed E-state index contributed by atoms with van der Waals surface area (Å²) < 4.78 is 4.95. The molecule has 0 spiro atoms. The molecule has 0 aromatic carbocycles. The summed E-state index contributed by atoms with van der Waals surface area (Å²) in [7, 11) is 1.79. The van der Waals surface area contributed by atoms with Crippen LogP contribution in [0.4, 0.5) is 5.82 Å². The molecule has 0 radical (unpaired) electrons. The lowest BCUT2D eigenvalue weighted by Crippen LogP contribution is -2.43. The fourth-order valence-corrected chi connectivity index (χ4v) is 2.93. The first-order valence-electron chi connectivity index (χ1n) is 7.83. The van der Waals surface area contributed by atoms with Gasteiger partial charge in [-0.05, 0) is 25.0 Å². The number of aryl methyl sites for hydroxylation is 1. The standard InChI is InChI=1S/C16H21N5O2/c1-12-18-14(19-23-12)11-20(2)16(22)13-6-5-9-21(10-13)15-7-3-4-8-17-15/h3-4,7-8,13H,5-6,9-11H2,1-2H3/t13-/m0/s1. The van der Waals surface area contributed by atoms with Crippen LogP contribution in [0.25, 0.3) is 0 Å². The number of hydrogen-bond donors (Lipinski definition) is 0. The Hall–Kier alpha value is -2.44. The van der Waals surface area contributed by atoms with E-state index in [1.54, 1.807) is 25.1 Å². The summed E-state index contributed by atoms with van der Waals surface area (Å²) in [5.74, 6) is 2.08. The van der Waals surface area contributed by atoms with E-state index in [4.69, 9.17) is 4.52 Å². The molecule has 23 heavy (non-hydrogen) atoms. The Bertz CT molecular complexity index is 658. The molecule has 0 bridgehead atoms. The maximum atomic E-state index is 12.7. The molecule has 122 valence electrons. The fraction of sp³-hybridized carbons (Fsp3) is 0.500. The van der Waals surface area contributed by atoms with Gasteiger partial charge in [0.1, 0.15) is 5.82 Å². The van der Waals surface area contributed by atoms with Gasteiger partial charge >= 0.3 is 0 Å². The Labute approximate surface area is 135 Å². The van der Waals surface area contributed by atoms with Crippen molar-refractivity contribution in [2.45, 2.75) is 26.3 Å². The van der Waals surface area contributed by atoms with Gasteiger partial charge in [0.15, 0.2) is 5.82 Å². The van der Waals surface area contributed by atoms with Crippen LogP contribution in [0.5, 0.6) is 0 Å². The third-order valence-electron chi connectivity index (χ3n) is 4.07. The third-order valence-corrected chi connectivity index (χ3v) is 4.07. The lowest BCUT2D eigenvalue weighted by Gasteiger charge is -2.34. The molecule has 1 amide bonds. The zero-order chi connectivity index (χ0) is 16.2. The number of rotatable bonds is 4. The normalized spacial score (nSPS) is 18.0. The van der Waals surface area contributed by atoms with Crippen LogP contribution in [0.15, 0.2) is 28.9 Å². The Morgan fingerprint density at radius 2 is 2.35 bits per heavy atom. The Morgan fingerprint density at radius 3 is 3.04 bits per heavy atom.